The van der Waals surface area contributed by atoms with Crippen LogP contribution >= 0.6 is 0 Å². The molecule has 3 nitrogen and oxygen atoms in total. The van der Waals surface area contributed by atoms with Gasteiger partial charge in [-0.3, -0.25) is 4.21 Å². The van der Waals surface area contributed by atoms with Crippen molar-refractivity contribution < 1.29 is 8.95 Å². The van der Waals surface area contributed by atoms with Gasteiger partial charge in [-0.2, -0.15) is 0 Å². The number of unbranched alkanes of at least 4 members (excludes halogenated alkanes) is 2. The van der Waals surface area contributed by atoms with E-state index in [1.54, 1.807) is 7.11 Å². The van der Waals surface area contributed by atoms with E-state index in [-0.39, 0.29) is 6.04 Å². The van der Waals surface area contributed by atoms with Crippen molar-refractivity contribution in [2.24, 2.45) is 5.73 Å². The number of methoxy groups -OCH3 is 1. The van der Waals surface area contributed by atoms with E-state index in [1.165, 1.54) is 0 Å². The zero-order valence-corrected chi connectivity index (χ0v) is 13.0. The zero-order valence-electron chi connectivity index (χ0n) is 12.1. The second-order valence-corrected chi connectivity index (χ2v) is 6.43. The quantitative estimate of drug-likeness (QED) is 0.746. The molecule has 0 radical (unpaired) electrons. The molecule has 0 bridgehead atoms. The SMILES string of the molecule is CCCCCS(=O)Cc1cc(C(C)N)ccc1OC. The fourth-order valence-electron chi connectivity index (χ4n) is 1.95. The lowest BCUT2D eigenvalue weighted by atomic mass is 10.1. The number of hydrogen-bond donors (Lipinski definition) is 1. The van der Waals surface area contributed by atoms with Crippen LogP contribution < -0.4 is 10.5 Å². The molecule has 0 aliphatic heterocycles. The first-order valence-corrected chi connectivity index (χ1v) is 8.34. The molecule has 108 valence electrons. The van der Waals surface area contributed by atoms with Crippen molar-refractivity contribution in [3.8, 4) is 5.75 Å². The highest BCUT2D eigenvalue weighted by atomic mass is 32.2. The van der Waals surface area contributed by atoms with Crippen molar-refractivity contribution in [2.75, 3.05) is 12.9 Å². The van der Waals surface area contributed by atoms with Gasteiger partial charge in [0.1, 0.15) is 5.75 Å². The molecular formula is C15H25NO2S. The Hall–Kier alpha value is -0.870. The summed E-state index contributed by atoms with van der Waals surface area (Å²) in [5.74, 6) is 2.11. The van der Waals surface area contributed by atoms with Gasteiger partial charge in [0, 0.05) is 28.2 Å². The second kappa shape index (κ2) is 8.33. The summed E-state index contributed by atoms with van der Waals surface area (Å²) < 4.78 is 17.4. The maximum atomic E-state index is 12.1. The number of hydrogen-bond acceptors (Lipinski definition) is 3. The first kappa shape index (κ1) is 16.2. The van der Waals surface area contributed by atoms with Crippen molar-refractivity contribution >= 4 is 10.8 Å². The van der Waals surface area contributed by atoms with E-state index in [9.17, 15) is 4.21 Å². The summed E-state index contributed by atoms with van der Waals surface area (Å²) in [5.41, 5.74) is 7.94. The fourth-order valence-corrected chi connectivity index (χ4v) is 3.20. The number of ether oxygens (including phenoxy) is 1. The van der Waals surface area contributed by atoms with E-state index in [0.717, 1.165) is 41.9 Å². The molecule has 0 aromatic heterocycles. The Bertz CT molecular complexity index is 419. The van der Waals surface area contributed by atoms with Crippen LogP contribution in [0.4, 0.5) is 0 Å². The van der Waals surface area contributed by atoms with Crippen LogP contribution in [0.15, 0.2) is 18.2 Å². The van der Waals surface area contributed by atoms with Crippen molar-refractivity contribution in [3.63, 3.8) is 0 Å². The van der Waals surface area contributed by atoms with Crippen molar-refractivity contribution in [2.45, 2.75) is 44.9 Å². The van der Waals surface area contributed by atoms with Gasteiger partial charge >= 0.3 is 0 Å². The van der Waals surface area contributed by atoms with Gasteiger partial charge < -0.3 is 10.5 Å². The average molecular weight is 283 g/mol. The first-order valence-electron chi connectivity index (χ1n) is 6.85. The molecule has 0 aliphatic carbocycles. The van der Waals surface area contributed by atoms with E-state index in [1.807, 2.05) is 25.1 Å². The van der Waals surface area contributed by atoms with Crippen LogP contribution in [-0.2, 0) is 16.6 Å². The van der Waals surface area contributed by atoms with E-state index < -0.39 is 10.8 Å². The fraction of sp³-hybridized carbons (Fsp3) is 0.600. The van der Waals surface area contributed by atoms with Crippen LogP contribution in [0.3, 0.4) is 0 Å². The minimum atomic E-state index is -0.827. The van der Waals surface area contributed by atoms with Crippen molar-refractivity contribution in [3.05, 3.63) is 29.3 Å². The van der Waals surface area contributed by atoms with Gasteiger partial charge in [0.05, 0.1) is 12.9 Å². The largest absolute Gasteiger partial charge is 0.496 e. The molecule has 0 saturated carbocycles. The Morgan fingerprint density at radius 3 is 2.68 bits per heavy atom. The maximum absolute atomic E-state index is 12.1. The molecule has 0 aliphatic rings. The van der Waals surface area contributed by atoms with Crippen LogP contribution in [0.5, 0.6) is 5.75 Å². The van der Waals surface area contributed by atoms with E-state index in [2.05, 4.69) is 6.92 Å². The standard InChI is InChI=1S/C15H25NO2S/c1-4-5-6-9-19(17)11-14-10-13(12(2)16)7-8-15(14)18-3/h7-8,10,12H,4-6,9,11,16H2,1-3H3. The Labute approximate surface area is 119 Å². The van der Waals surface area contributed by atoms with Gasteiger partial charge in [-0.1, -0.05) is 25.8 Å². The number of rotatable bonds is 8. The summed E-state index contributed by atoms with van der Waals surface area (Å²) in [5, 5.41) is 0. The highest BCUT2D eigenvalue weighted by Gasteiger charge is 2.10. The molecule has 2 unspecified atom stereocenters. The molecule has 2 N–H and O–H groups in total. The molecule has 4 heteroatoms. The van der Waals surface area contributed by atoms with Gasteiger partial charge in [0.15, 0.2) is 0 Å². The lowest BCUT2D eigenvalue weighted by molar-refractivity contribution is 0.411. The van der Waals surface area contributed by atoms with Gasteiger partial charge in [-0.05, 0) is 31.0 Å². The Kier molecular flexibility index (Phi) is 7.10. The van der Waals surface area contributed by atoms with Crippen LogP contribution in [0.25, 0.3) is 0 Å². The second-order valence-electron chi connectivity index (χ2n) is 4.86. The molecule has 19 heavy (non-hydrogen) atoms. The molecule has 0 amide bonds. The average Bonchev–Trinajstić information content (AvgIpc) is 2.38. The van der Waals surface area contributed by atoms with Crippen LogP contribution in [0.2, 0.25) is 0 Å². The topological polar surface area (TPSA) is 52.3 Å². The lowest BCUT2D eigenvalue weighted by Gasteiger charge is -2.12. The maximum Gasteiger partial charge on any atom is 0.123 e. The van der Waals surface area contributed by atoms with E-state index >= 15 is 0 Å². The summed E-state index contributed by atoms with van der Waals surface area (Å²) >= 11 is 0. The molecular weight excluding hydrogens is 258 g/mol. The summed E-state index contributed by atoms with van der Waals surface area (Å²) in [6.07, 6.45) is 3.32. The molecule has 1 rings (SSSR count). The summed E-state index contributed by atoms with van der Waals surface area (Å²) in [7, 11) is 0.817. The van der Waals surface area contributed by atoms with Crippen LogP contribution in [-0.4, -0.2) is 17.1 Å². The third-order valence-corrected chi connectivity index (χ3v) is 4.50. The molecule has 0 saturated heterocycles. The third kappa shape index (κ3) is 5.33. The minimum Gasteiger partial charge on any atom is -0.496 e. The van der Waals surface area contributed by atoms with E-state index in [0.29, 0.717) is 5.75 Å². The third-order valence-electron chi connectivity index (χ3n) is 3.12. The molecule has 0 spiro atoms. The van der Waals surface area contributed by atoms with Gasteiger partial charge in [0.2, 0.25) is 0 Å². The normalized spacial score (nSPS) is 14.1. The van der Waals surface area contributed by atoms with Gasteiger partial charge in [0.25, 0.3) is 0 Å². The Morgan fingerprint density at radius 1 is 1.37 bits per heavy atom. The van der Waals surface area contributed by atoms with Crippen molar-refractivity contribution in [1.82, 2.24) is 0 Å². The minimum absolute atomic E-state index is 0.0156. The predicted molar refractivity (Wildman–Crippen MR) is 81.8 cm³/mol. The van der Waals surface area contributed by atoms with Crippen LogP contribution in [0, 0.1) is 0 Å². The summed E-state index contributed by atoms with van der Waals surface area (Å²) in [6.45, 7) is 4.10. The van der Waals surface area contributed by atoms with Gasteiger partial charge in [-0.15, -0.1) is 0 Å². The first-order chi connectivity index (χ1) is 9.08. The number of benzene rings is 1. The zero-order chi connectivity index (χ0) is 14.3. The molecule has 0 heterocycles. The molecule has 2 atom stereocenters. The van der Waals surface area contributed by atoms with Crippen LogP contribution in [0.1, 0.15) is 50.3 Å². The smallest absolute Gasteiger partial charge is 0.123 e. The highest BCUT2D eigenvalue weighted by molar-refractivity contribution is 7.84. The number of nitrogens with two attached hydrogens (primary N) is 1. The lowest BCUT2D eigenvalue weighted by Crippen LogP contribution is -2.08. The Balaban J connectivity index is 2.74. The monoisotopic (exact) mass is 283 g/mol. The molecule has 1 aromatic carbocycles. The van der Waals surface area contributed by atoms with Crippen molar-refractivity contribution in [1.29, 1.82) is 0 Å². The predicted octanol–water partition coefficient (Wildman–Crippen LogP) is 3.15. The molecule has 1 aromatic rings. The summed E-state index contributed by atoms with van der Waals surface area (Å²) in [6, 6.07) is 5.88. The Morgan fingerprint density at radius 2 is 2.11 bits per heavy atom. The highest BCUT2D eigenvalue weighted by Crippen LogP contribution is 2.24. The summed E-state index contributed by atoms with van der Waals surface area (Å²) in [4.78, 5) is 0. The van der Waals surface area contributed by atoms with Gasteiger partial charge in [-0.25, -0.2) is 0 Å². The van der Waals surface area contributed by atoms with E-state index in [4.69, 9.17) is 10.5 Å². The molecule has 0 fully saturated rings.